The number of aromatic nitrogens is 3. The summed E-state index contributed by atoms with van der Waals surface area (Å²) in [5.74, 6) is -0.492. The monoisotopic (exact) mass is 705 g/mol. The molecule has 1 saturated heterocycles. The van der Waals surface area contributed by atoms with E-state index in [1.54, 1.807) is 0 Å². The molecule has 4 rings (SSSR count). The molecule has 1 aliphatic rings. The number of morpholine rings is 1. The zero-order chi connectivity index (χ0) is 35.7. The molecule has 16 heteroatoms. The summed E-state index contributed by atoms with van der Waals surface area (Å²) in [6, 6.07) is 6.23. The third kappa shape index (κ3) is 9.41. The van der Waals surface area contributed by atoms with Crippen LogP contribution in [0.5, 0.6) is 0 Å². The normalized spacial score (nSPS) is 19.2. The van der Waals surface area contributed by atoms with Gasteiger partial charge in [0, 0.05) is 19.6 Å². The summed E-state index contributed by atoms with van der Waals surface area (Å²) in [6.07, 6.45) is -12.7. The minimum atomic E-state index is -5.06. The van der Waals surface area contributed by atoms with E-state index in [1.807, 2.05) is 57.8 Å². The second-order valence-electron chi connectivity index (χ2n) is 13.7. The molecule has 48 heavy (non-hydrogen) atoms. The number of H-pyrrole nitrogens is 1. The number of ether oxygens (including phenoxy) is 2. The summed E-state index contributed by atoms with van der Waals surface area (Å²) >= 11 is 0. The Hall–Kier alpha value is -2.89. The van der Waals surface area contributed by atoms with Gasteiger partial charge in [-0.25, -0.2) is 4.39 Å². The van der Waals surface area contributed by atoms with Gasteiger partial charge in [0.05, 0.1) is 30.4 Å². The molecule has 0 spiro atoms. The molecular formula is C32H42F7N5O3Si. The molecule has 2 aromatic carbocycles. The van der Waals surface area contributed by atoms with Crippen molar-refractivity contribution in [1.29, 1.82) is 0 Å². The molecule has 3 aromatic rings. The van der Waals surface area contributed by atoms with Crippen LogP contribution in [0.3, 0.4) is 0 Å². The van der Waals surface area contributed by atoms with Crippen LogP contribution in [-0.4, -0.2) is 73.7 Å². The van der Waals surface area contributed by atoms with Crippen LogP contribution in [-0.2, 0) is 39.3 Å². The highest BCUT2D eigenvalue weighted by atomic mass is 28.4. The van der Waals surface area contributed by atoms with Crippen LogP contribution < -0.4 is 0 Å². The SMILES string of the molecule is CN(C)Cc1n[nH]nc1CN1CCO[C@H](O[C@H](CO[Si](C)(C)C(C)(C)C)c2cc(C(F)(F)F)cc(C(F)(F)F)c2)[C@@H]1c1ccc(F)cc1. The van der Waals surface area contributed by atoms with Crippen LogP contribution in [0.1, 0.15) is 66.6 Å². The van der Waals surface area contributed by atoms with E-state index < -0.39 is 56.0 Å². The lowest BCUT2D eigenvalue weighted by atomic mass is 10.00. The van der Waals surface area contributed by atoms with Crippen molar-refractivity contribution in [3.63, 3.8) is 0 Å². The topological polar surface area (TPSA) is 75.7 Å². The molecule has 0 aliphatic carbocycles. The number of nitrogens with zero attached hydrogens (tertiary/aromatic N) is 4. The summed E-state index contributed by atoms with van der Waals surface area (Å²) in [6.45, 7) is 10.6. The lowest BCUT2D eigenvalue weighted by Gasteiger charge is -2.43. The minimum Gasteiger partial charge on any atom is -0.414 e. The average molecular weight is 706 g/mol. The largest absolute Gasteiger partial charge is 0.416 e. The third-order valence-corrected chi connectivity index (χ3v) is 13.2. The van der Waals surface area contributed by atoms with Crippen molar-refractivity contribution in [3.8, 4) is 0 Å². The van der Waals surface area contributed by atoms with Gasteiger partial charge < -0.3 is 18.8 Å². The average Bonchev–Trinajstić information content (AvgIpc) is 3.39. The number of nitrogens with one attached hydrogen (secondary N) is 1. The van der Waals surface area contributed by atoms with Crippen LogP contribution in [0.25, 0.3) is 0 Å². The van der Waals surface area contributed by atoms with E-state index in [0.29, 0.717) is 42.2 Å². The first kappa shape index (κ1) is 37.9. The van der Waals surface area contributed by atoms with E-state index in [2.05, 4.69) is 15.4 Å². The predicted octanol–water partition coefficient (Wildman–Crippen LogP) is 7.72. The van der Waals surface area contributed by atoms with E-state index in [-0.39, 0.29) is 36.4 Å². The molecule has 0 bridgehead atoms. The van der Waals surface area contributed by atoms with Crippen molar-refractivity contribution in [1.82, 2.24) is 25.2 Å². The van der Waals surface area contributed by atoms with E-state index in [0.717, 1.165) is 0 Å². The lowest BCUT2D eigenvalue weighted by molar-refractivity contribution is -0.238. The molecule has 0 saturated carbocycles. The van der Waals surface area contributed by atoms with Crippen molar-refractivity contribution >= 4 is 8.32 Å². The fraction of sp³-hybridized carbons (Fsp3) is 0.562. The summed E-state index contributed by atoms with van der Waals surface area (Å²) in [4.78, 5) is 3.87. The number of rotatable bonds is 11. The second kappa shape index (κ2) is 14.5. The first-order valence-corrected chi connectivity index (χ1v) is 18.3. The Kier molecular flexibility index (Phi) is 11.5. The highest BCUT2D eigenvalue weighted by Gasteiger charge is 2.42. The standard InChI is InChI=1S/C32H42F7N5O3Si/c1-30(2,3)48(6,7)46-19-27(21-14-22(31(34,35)36)16-23(15-21)32(37,38)39)47-29-28(20-8-10-24(33)11-9-20)44(12-13-45-29)18-26-25(17-43(4)5)40-42-41-26/h8-11,14-16,27-29H,12-13,17-19H2,1-7H3,(H,40,41,42)/t27-,28+,29-/m1/s1. The Morgan fingerprint density at radius 2 is 1.54 bits per heavy atom. The fourth-order valence-corrected chi connectivity index (χ4v) is 6.07. The molecule has 1 aromatic heterocycles. The quantitative estimate of drug-likeness (QED) is 0.162. The summed E-state index contributed by atoms with van der Waals surface area (Å²) in [5.41, 5.74) is -1.42. The number of hydrogen-bond acceptors (Lipinski definition) is 7. The van der Waals surface area contributed by atoms with Crippen molar-refractivity contribution in [3.05, 3.63) is 81.9 Å². The smallest absolute Gasteiger partial charge is 0.414 e. The molecule has 2 heterocycles. The highest BCUT2D eigenvalue weighted by Crippen LogP contribution is 2.42. The molecule has 0 amide bonds. The molecule has 1 aliphatic heterocycles. The molecule has 1 N–H and O–H groups in total. The molecule has 3 atom stereocenters. The molecule has 266 valence electrons. The Morgan fingerprint density at radius 1 is 0.958 bits per heavy atom. The van der Waals surface area contributed by atoms with Crippen LogP contribution >= 0.6 is 0 Å². The maximum Gasteiger partial charge on any atom is 0.416 e. The maximum absolute atomic E-state index is 14.0. The number of hydrogen-bond donors (Lipinski definition) is 1. The van der Waals surface area contributed by atoms with Gasteiger partial charge in [-0.2, -0.15) is 41.8 Å². The summed E-state index contributed by atoms with van der Waals surface area (Å²) in [7, 11) is 1.18. The zero-order valence-electron chi connectivity index (χ0n) is 28.0. The van der Waals surface area contributed by atoms with Gasteiger partial charge in [0.2, 0.25) is 0 Å². The maximum atomic E-state index is 14.0. The second-order valence-corrected chi connectivity index (χ2v) is 18.5. The number of halogens is 7. The van der Waals surface area contributed by atoms with Gasteiger partial charge in [-0.05, 0) is 73.7 Å². The molecule has 0 radical (unpaired) electrons. The van der Waals surface area contributed by atoms with Crippen molar-refractivity contribution in [2.75, 3.05) is 33.9 Å². The van der Waals surface area contributed by atoms with Crippen LogP contribution in [0.4, 0.5) is 30.7 Å². The Morgan fingerprint density at radius 3 is 2.08 bits per heavy atom. The van der Waals surface area contributed by atoms with E-state index in [4.69, 9.17) is 13.9 Å². The van der Waals surface area contributed by atoms with E-state index in [9.17, 15) is 30.7 Å². The van der Waals surface area contributed by atoms with Crippen LogP contribution in [0, 0.1) is 5.82 Å². The highest BCUT2D eigenvalue weighted by molar-refractivity contribution is 6.74. The molecule has 8 nitrogen and oxygen atoms in total. The van der Waals surface area contributed by atoms with Gasteiger partial charge in [-0.15, -0.1) is 0 Å². The summed E-state index contributed by atoms with van der Waals surface area (Å²) in [5, 5.41) is 10.9. The Balaban J connectivity index is 1.79. The Bertz CT molecular complexity index is 1480. The molecule has 1 fully saturated rings. The number of benzene rings is 2. The Labute approximate surface area is 276 Å². The van der Waals surface area contributed by atoms with Gasteiger partial charge in [0.25, 0.3) is 0 Å². The van der Waals surface area contributed by atoms with E-state index >= 15 is 0 Å². The predicted molar refractivity (Wildman–Crippen MR) is 166 cm³/mol. The first-order chi connectivity index (χ1) is 22.2. The zero-order valence-corrected chi connectivity index (χ0v) is 29.0. The molecular weight excluding hydrogens is 663 g/mol. The van der Waals surface area contributed by atoms with Crippen LogP contribution in [0.15, 0.2) is 42.5 Å². The molecule has 0 unspecified atom stereocenters. The third-order valence-electron chi connectivity index (χ3n) is 8.73. The minimum absolute atomic E-state index is 0.0820. The van der Waals surface area contributed by atoms with Gasteiger partial charge in [0.1, 0.15) is 23.3 Å². The van der Waals surface area contributed by atoms with Crippen LogP contribution in [0.2, 0.25) is 18.1 Å². The van der Waals surface area contributed by atoms with Gasteiger partial charge in [-0.1, -0.05) is 32.9 Å². The van der Waals surface area contributed by atoms with Crippen molar-refractivity contribution < 1.29 is 44.6 Å². The van der Waals surface area contributed by atoms with Gasteiger partial charge in [-0.3, -0.25) is 4.90 Å². The van der Waals surface area contributed by atoms with Crippen molar-refractivity contribution in [2.45, 2.75) is 82.8 Å². The van der Waals surface area contributed by atoms with E-state index in [1.165, 1.54) is 24.3 Å². The first-order valence-electron chi connectivity index (χ1n) is 15.4. The number of alkyl halides is 6. The number of aromatic amines is 1. The summed E-state index contributed by atoms with van der Waals surface area (Å²) < 4.78 is 116. The lowest BCUT2D eigenvalue weighted by Crippen LogP contribution is -2.47. The fourth-order valence-electron chi connectivity index (χ4n) is 5.07. The van der Waals surface area contributed by atoms with Gasteiger partial charge in [0.15, 0.2) is 14.6 Å². The van der Waals surface area contributed by atoms with Gasteiger partial charge >= 0.3 is 12.4 Å². The van der Waals surface area contributed by atoms with Crippen molar-refractivity contribution in [2.24, 2.45) is 0 Å².